The van der Waals surface area contributed by atoms with Crippen LogP contribution in [0, 0.1) is 20.8 Å². The highest BCUT2D eigenvalue weighted by Crippen LogP contribution is 2.19. The zero-order valence-corrected chi connectivity index (χ0v) is 10.9. The van der Waals surface area contributed by atoms with E-state index < -0.39 is 6.69 Å². The van der Waals surface area contributed by atoms with Gasteiger partial charge in [0.25, 0.3) is 6.69 Å². The van der Waals surface area contributed by atoms with Gasteiger partial charge in [-0.25, -0.2) is 0 Å². The molecule has 0 N–H and O–H groups in total. The molecule has 0 nitrogen and oxygen atoms in total. The molecular formula is C10H14Cl2Si. The second kappa shape index (κ2) is 3.64. The molecule has 1 rings (SSSR count). The van der Waals surface area contributed by atoms with Crippen LogP contribution in [-0.2, 0) is 0 Å². The third-order valence-corrected chi connectivity index (χ3v) is 4.92. The van der Waals surface area contributed by atoms with Crippen molar-refractivity contribution in [3.8, 4) is 0 Å². The molecule has 0 bridgehead atoms. The fourth-order valence-corrected chi connectivity index (χ4v) is 5.19. The van der Waals surface area contributed by atoms with Crippen molar-refractivity contribution in [1.29, 1.82) is 0 Å². The van der Waals surface area contributed by atoms with Crippen LogP contribution in [0.25, 0.3) is 0 Å². The van der Waals surface area contributed by atoms with Gasteiger partial charge in [-0.1, -0.05) is 17.7 Å². The minimum atomic E-state index is -2.20. The van der Waals surface area contributed by atoms with E-state index in [1.54, 1.807) is 0 Å². The number of hydrogen-bond acceptors (Lipinski definition) is 0. The van der Waals surface area contributed by atoms with E-state index in [0.29, 0.717) is 0 Å². The van der Waals surface area contributed by atoms with Crippen LogP contribution in [0.5, 0.6) is 0 Å². The maximum atomic E-state index is 6.23. The average molecular weight is 233 g/mol. The zero-order valence-electron chi connectivity index (χ0n) is 8.41. The molecule has 0 heterocycles. The lowest BCUT2D eigenvalue weighted by Crippen LogP contribution is -2.37. The van der Waals surface area contributed by atoms with E-state index in [9.17, 15) is 0 Å². The summed E-state index contributed by atoms with van der Waals surface area (Å²) < 4.78 is 0. The number of halogens is 2. The Labute approximate surface area is 90.3 Å². The minimum Gasteiger partial charge on any atom is -0.140 e. The molecule has 1 aromatic carbocycles. The molecule has 0 aromatic heterocycles. The third-order valence-electron chi connectivity index (χ3n) is 2.12. The van der Waals surface area contributed by atoms with Gasteiger partial charge in [0.05, 0.1) is 0 Å². The molecule has 0 aliphatic rings. The number of hydrogen-bond donors (Lipinski definition) is 0. The van der Waals surface area contributed by atoms with Gasteiger partial charge >= 0.3 is 0 Å². The molecule has 3 heteroatoms. The summed E-state index contributed by atoms with van der Waals surface area (Å²) in [6.07, 6.45) is 0. The Balaban J connectivity index is 3.38. The number of aryl methyl sites for hydroxylation is 3. The molecule has 0 spiro atoms. The van der Waals surface area contributed by atoms with Gasteiger partial charge in [-0.2, -0.15) is 0 Å². The Morgan fingerprint density at radius 1 is 1.00 bits per heavy atom. The fourth-order valence-electron chi connectivity index (χ4n) is 1.87. The van der Waals surface area contributed by atoms with Crippen LogP contribution in [0.4, 0.5) is 0 Å². The van der Waals surface area contributed by atoms with Gasteiger partial charge in [-0.05, 0) is 43.6 Å². The molecule has 0 aliphatic heterocycles. The molecule has 0 saturated heterocycles. The van der Waals surface area contributed by atoms with E-state index >= 15 is 0 Å². The second-order valence-corrected chi connectivity index (χ2v) is 11.1. The topological polar surface area (TPSA) is 0 Å². The third kappa shape index (κ3) is 2.49. The van der Waals surface area contributed by atoms with Crippen molar-refractivity contribution in [2.75, 3.05) is 0 Å². The van der Waals surface area contributed by atoms with Crippen molar-refractivity contribution in [1.82, 2.24) is 0 Å². The predicted molar refractivity (Wildman–Crippen MR) is 63.6 cm³/mol. The quantitative estimate of drug-likeness (QED) is 0.515. The fraction of sp³-hybridized carbons (Fsp3) is 0.400. The van der Waals surface area contributed by atoms with Crippen molar-refractivity contribution < 1.29 is 0 Å². The molecule has 72 valence electrons. The summed E-state index contributed by atoms with van der Waals surface area (Å²) in [4.78, 5) is 0. The van der Waals surface area contributed by atoms with Gasteiger partial charge in [0.15, 0.2) is 0 Å². The summed E-state index contributed by atoms with van der Waals surface area (Å²) in [6.45, 7) is 5.98. The van der Waals surface area contributed by atoms with E-state index in [1.165, 1.54) is 21.9 Å². The van der Waals surface area contributed by atoms with E-state index in [0.717, 1.165) is 0 Å². The largest absolute Gasteiger partial charge is 0.278 e. The monoisotopic (exact) mass is 232 g/mol. The molecule has 0 atom stereocenters. The maximum absolute atomic E-state index is 6.23. The van der Waals surface area contributed by atoms with Gasteiger partial charge in [0.2, 0.25) is 0 Å². The number of rotatable bonds is 1. The highest BCUT2D eigenvalue weighted by molar-refractivity contribution is 7.50. The maximum Gasteiger partial charge on any atom is 0.278 e. The second-order valence-electron chi connectivity index (χ2n) is 3.66. The van der Waals surface area contributed by atoms with E-state index in [4.69, 9.17) is 22.2 Å². The minimum absolute atomic E-state index is 1.17. The Morgan fingerprint density at radius 3 is 1.69 bits per heavy atom. The van der Waals surface area contributed by atoms with Crippen LogP contribution in [0.2, 0.25) is 6.55 Å². The van der Waals surface area contributed by atoms with Crippen molar-refractivity contribution in [2.45, 2.75) is 27.3 Å². The average Bonchev–Trinajstić information content (AvgIpc) is 1.78. The summed E-state index contributed by atoms with van der Waals surface area (Å²) in [5.41, 5.74) is 3.71. The van der Waals surface area contributed by atoms with Crippen molar-refractivity contribution in [3.05, 3.63) is 28.8 Å². The van der Waals surface area contributed by atoms with Gasteiger partial charge in [0.1, 0.15) is 0 Å². The first-order valence-corrected chi connectivity index (χ1v) is 8.81. The summed E-state index contributed by atoms with van der Waals surface area (Å²) in [5, 5.41) is 1.17. The molecular weight excluding hydrogens is 219 g/mol. The summed E-state index contributed by atoms with van der Waals surface area (Å²) in [5.74, 6) is 0. The molecule has 1 aromatic rings. The van der Waals surface area contributed by atoms with E-state index in [-0.39, 0.29) is 0 Å². The first kappa shape index (κ1) is 11.1. The van der Waals surface area contributed by atoms with Crippen molar-refractivity contribution in [3.63, 3.8) is 0 Å². The summed E-state index contributed by atoms with van der Waals surface area (Å²) >= 11 is 12.5. The molecule has 0 radical (unpaired) electrons. The summed E-state index contributed by atoms with van der Waals surface area (Å²) in [7, 11) is 0. The zero-order chi connectivity index (χ0) is 10.2. The van der Waals surface area contributed by atoms with Crippen LogP contribution in [0.15, 0.2) is 12.1 Å². The number of benzene rings is 1. The standard InChI is InChI=1S/C10H14Cl2Si/c1-7-5-8(2)10(9(3)6-7)13(4,11)12/h5-6H,1-4H3. The molecule has 13 heavy (non-hydrogen) atoms. The highest BCUT2D eigenvalue weighted by atomic mass is 35.7. The summed E-state index contributed by atoms with van der Waals surface area (Å²) in [6, 6.07) is 4.27. The first-order chi connectivity index (χ1) is 5.82. The Morgan fingerprint density at radius 2 is 1.38 bits per heavy atom. The molecule has 0 saturated carbocycles. The van der Waals surface area contributed by atoms with Gasteiger partial charge in [0, 0.05) is 0 Å². The predicted octanol–water partition coefficient (Wildman–Crippen LogP) is 3.37. The lowest BCUT2D eigenvalue weighted by molar-refractivity contribution is 1.35. The van der Waals surface area contributed by atoms with Crippen LogP contribution < -0.4 is 5.19 Å². The Bertz CT molecular complexity index is 303. The van der Waals surface area contributed by atoms with Crippen LogP contribution in [0.1, 0.15) is 16.7 Å². The van der Waals surface area contributed by atoms with Crippen LogP contribution >= 0.6 is 22.2 Å². The van der Waals surface area contributed by atoms with E-state index in [1.807, 2.05) is 6.55 Å². The lowest BCUT2D eigenvalue weighted by atomic mass is 10.1. The Hall–Kier alpha value is 0.0169. The van der Waals surface area contributed by atoms with Gasteiger partial charge in [-0.15, -0.1) is 22.2 Å². The molecule has 0 aliphatic carbocycles. The van der Waals surface area contributed by atoms with Crippen molar-refractivity contribution in [2.24, 2.45) is 0 Å². The van der Waals surface area contributed by atoms with Crippen molar-refractivity contribution >= 4 is 34.0 Å². The van der Waals surface area contributed by atoms with Crippen LogP contribution in [0.3, 0.4) is 0 Å². The SMILES string of the molecule is Cc1cc(C)c([Si](C)(Cl)Cl)c(C)c1. The van der Waals surface area contributed by atoms with Crippen LogP contribution in [-0.4, -0.2) is 6.69 Å². The normalized spacial score (nSPS) is 11.8. The molecule has 0 fully saturated rings. The van der Waals surface area contributed by atoms with Gasteiger partial charge < -0.3 is 0 Å². The highest BCUT2D eigenvalue weighted by Gasteiger charge is 2.27. The van der Waals surface area contributed by atoms with Gasteiger partial charge in [-0.3, -0.25) is 0 Å². The smallest absolute Gasteiger partial charge is 0.140 e. The lowest BCUT2D eigenvalue weighted by Gasteiger charge is -2.17. The Kier molecular flexibility index (Phi) is 3.11. The first-order valence-electron chi connectivity index (χ1n) is 4.28. The molecule has 0 amide bonds. The van der Waals surface area contributed by atoms with E-state index in [2.05, 4.69) is 32.9 Å². The molecule has 0 unspecified atom stereocenters.